The number of Topliss-reactive ketones (excluding diaryl/α,β-unsaturated/α-hetero) is 1. The average molecular weight is 393 g/mol. The molecular formula is C23H36O5. The summed E-state index contributed by atoms with van der Waals surface area (Å²) in [5, 5.41) is 29.6. The average Bonchev–Trinajstić information content (AvgIpc) is 2.87. The van der Waals surface area contributed by atoms with Gasteiger partial charge in [0.15, 0.2) is 0 Å². The zero-order chi connectivity index (χ0) is 20.6. The van der Waals surface area contributed by atoms with Crippen LogP contribution in [0.3, 0.4) is 0 Å². The number of carboxylic acids is 1. The summed E-state index contributed by atoms with van der Waals surface area (Å²) in [6.07, 6.45) is 15.0. The summed E-state index contributed by atoms with van der Waals surface area (Å²) in [6.45, 7) is 2.16. The van der Waals surface area contributed by atoms with Gasteiger partial charge in [0.2, 0.25) is 0 Å². The molecule has 0 unspecified atom stereocenters. The summed E-state index contributed by atoms with van der Waals surface area (Å²) in [6, 6.07) is 0. The summed E-state index contributed by atoms with van der Waals surface area (Å²) < 4.78 is 0. The molecule has 0 amide bonds. The summed E-state index contributed by atoms with van der Waals surface area (Å²) >= 11 is 0. The second-order valence-corrected chi connectivity index (χ2v) is 8.56. The van der Waals surface area contributed by atoms with Crippen molar-refractivity contribution in [1.82, 2.24) is 0 Å². The van der Waals surface area contributed by atoms with Gasteiger partial charge in [0.1, 0.15) is 5.78 Å². The number of aliphatic hydroxyl groups excluding tert-OH is 2. The Morgan fingerprint density at radius 1 is 1.29 bits per heavy atom. The molecule has 5 heteroatoms. The van der Waals surface area contributed by atoms with Crippen LogP contribution >= 0.6 is 0 Å². The Hall–Kier alpha value is -1.46. The van der Waals surface area contributed by atoms with Crippen LogP contribution in [-0.2, 0) is 9.59 Å². The standard InChI is InChI=1S/C23H36O5/c1-2-13-23(14-8-15-23)21(26)11-7-10-18-17(19(24)16-20(18)25)9-5-3-4-6-12-22(27)28/h3,5,7,10,17-18,20-21,25-26H,2,4,6,8-9,11-16H2,1H3,(H,27,28)/b5-3-,10-7+/t17-,18+,20+,21+/m0/s1. The smallest absolute Gasteiger partial charge is 0.303 e. The molecule has 2 saturated carbocycles. The van der Waals surface area contributed by atoms with Crippen molar-refractivity contribution in [2.45, 2.75) is 89.8 Å². The van der Waals surface area contributed by atoms with Gasteiger partial charge in [-0.25, -0.2) is 0 Å². The lowest BCUT2D eigenvalue weighted by atomic mass is 9.62. The van der Waals surface area contributed by atoms with Gasteiger partial charge in [-0.05, 0) is 50.4 Å². The molecular weight excluding hydrogens is 356 g/mol. The summed E-state index contributed by atoms with van der Waals surface area (Å²) in [5.41, 5.74) is 0.0707. The molecule has 2 aliphatic rings. The Morgan fingerprint density at radius 2 is 2.04 bits per heavy atom. The Morgan fingerprint density at radius 3 is 2.64 bits per heavy atom. The maximum atomic E-state index is 12.2. The lowest BCUT2D eigenvalue weighted by Gasteiger charge is -2.45. The summed E-state index contributed by atoms with van der Waals surface area (Å²) in [7, 11) is 0. The minimum atomic E-state index is -0.794. The van der Waals surface area contributed by atoms with E-state index in [4.69, 9.17) is 5.11 Å². The molecule has 4 atom stereocenters. The molecule has 2 rings (SSSR count). The normalized spacial score (nSPS) is 28.1. The Balaban J connectivity index is 1.85. The molecule has 0 bridgehead atoms. The van der Waals surface area contributed by atoms with E-state index in [2.05, 4.69) is 6.92 Å². The second kappa shape index (κ2) is 10.9. The molecule has 0 saturated heterocycles. The van der Waals surface area contributed by atoms with Crippen molar-refractivity contribution < 1.29 is 24.9 Å². The third kappa shape index (κ3) is 6.02. The van der Waals surface area contributed by atoms with Crippen molar-refractivity contribution in [3.8, 4) is 0 Å². The van der Waals surface area contributed by atoms with Crippen LogP contribution < -0.4 is 0 Å². The van der Waals surface area contributed by atoms with Crippen molar-refractivity contribution in [3.63, 3.8) is 0 Å². The fraction of sp³-hybridized carbons (Fsp3) is 0.739. The van der Waals surface area contributed by atoms with Crippen molar-refractivity contribution in [1.29, 1.82) is 0 Å². The molecule has 28 heavy (non-hydrogen) atoms. The number of ketones is 1. The number of aliphatic carboxylic acids is 1. The maximum absolute atomic E-state index is 12.2. The monoisotopic (exact) mass is 392 g/mol. The summed E-state index contributed by atoms with van der Waals surface area (Å²) in [4.78, 5) is 22.8. The van der Waals surface area contributed by atoms with Crippen LogP contribution in [0.1, 0.15) is 77.6 Å². The largest absolute Gasteiger partial charge is 0.481 e. The predicted molar refractivity (Wildman–Crippen MR) is 109 cm³/mol. The van der Waals surface area contributed by atoms with Crippen LogP contribution in [0.4, 0.5) is 0 Å². The molecule has 0 aromatic rings. The highest BCUT2D eigenvalue weighted by atomic mass is 16.4. The fourth-order valence-electron chi connectivity index (χ4n) is 4.75. The maximum Gasteiger partial charge on any atom is 0.303 e. The van der Waals surface area contributed by atoms with Gasteiger partial charge in [-0.15, -0.1) is 0 Å². The van der Waals surface area contributed by atoms with Gasteiger partial charge >= 0.3 is 5.97 Å². The number of unbranched alkanes of at least 4 members (excludes halogenated alkanes) is 1. The number of hydrogen-bond acceptors (Lipinski definition) is 4. The van der Waals surface area contributed by atoms with E-state index in [9.17, 15) is 19.8 Å². The number of allylic oxidation sites excluding steroid dienone is 2. The van der Waals surface area contributed by atoms with Crippen molar-refractivity contribution in [2.75, 3.05) is 0 Å². The molecule has 0 spiro atoms. The van der Waals surface area contributed by atoms with E-state index < -0.39 is 12.1 Å². The molecule has 5 nitrogen and oxygen atoms in total. The predicted octanol–water partition coefficient (Wildman–Crippen LogP) is 4.03. The number of carbonyl (C=O) groups excluding carboxylic acids is 1. The van der Waals surface area contributed by atoms with Gasteiger partial charge in [0.25, 0.3) is 0 Å². The van der Waals surface area contributed by atoms with Gasteiger partial charge in [-0.3, -0.25) is 9.59 Å². The van der Waals surface area contributed by atoms with Crippen molar-refractivity contribution in [3.05, 3.63) is 24.3 Å². The topological polar surface area (TPSA) is 94.8 Å². The van der Waals surface area contributed by atoms with E-state index in [1.54, 1.807) is 0 Å². The number of rotatable bonds is 12. The van der Waals surface area contributed by atoms with E-state index in [0.717, 1.165) is 25.7 Å². The molecule has 2 fully saturated rings. The lowest BCUT2D eigenvalue weighted by Crippen LogP contribution is -2.41. The van der Waals surface area contributed by atoms with Crippen molar-refractivity contribution in [2.24, 2.45) is 17.3 Å². The van der Waals surface area contributed by atoms with Crippen molar-refractivity contribution >= 4 is 11.8 Å². The van der Waals surface area contributed by atoms with Gasteiger partial charge in [-0.2, -0.15) is 0 Å². The highest BCUT2D eigenvalue weighted by Crippen LogP contribution is 2.48. The molecule has 0 radical (unpaired) electrons. The number of carbonyl (C=O) groups is 2. The summed E-state index contributed by atoms with van der Waals surface area (Å²) in [5.74, 6) is -1.14. The first-order valence-electron chi connectivity index (χ1n) is 10.8. The molecule has 0 aliphatic heterocycles. The molecule has 0 aromatic heterocycles. The minimum absolute atomic E-state index is 0.0707. The van der Waals surface area contributed by atoms with Crippen LogP contribution in [0.5, 0.6) is 0 Å². The highest BCUT2D eigenvalue weighted by Gasteiger charge is 2.42. The Labute approximate surface area is 168 Å². The molecule has 0 aromatic carbocycles. The number of carboxylic acid groups (broad SMARTS) is 1. The Bertz CT molecular complexity index is 576. The number of hydrogen-bond donors (Lipinski definition) is 3. The SMILES string of the molecule is CCCC1([C@H](O)C/C=C/[C@H]2[C@H](O)CC(=O)[C@H]2C/C=C\CCCC(=O)O)CCC1. The van der Waals surface area contributed by atoms with Crippen LogP contribution in [0, 0.1) is 17.3 Å². The first kappa shape index (κ1) is 22.8. The van der Waals surface area contributed by atoms with Gasteiger partial charge in [0.05, 0.1) is 12.2 Å². The van der Waals surface area contributed by atoms with Gasteiger partial charge in [-0.1, -0.05) is 44.1 Å². The van der Waals surface area contributed by atoms with Crippen LogP contribution in [-0.4, -0.2) is 39.3 Å². The van der Waals surface area contributed by atoms with Gasteiger partial charge < -0.3 is 15.3 Å². The highest BCUT2D eigenvalue weighted by molar-refractivity contribution is 5.84. The first-order chi connectivity index (χ1) is 13.4. The van der Waals surface area contributed by atoms with Crippen LogP contribution in [0.15, 0.2) is 24.3 Å². The lowest BCUT2D eigenvalue weighted by molar-refractivity contribution is -0.137. The third-order valence-corrected chi connectivity index (χ3v) is 6.57. The Kier molecular flexibility index (Phi) is 8.90. The van der Waals surface area contributed by atoms with E-state index >= 15 is 0 Å². The molecule has 158 valence electrons. The van der Waals surface area contributed by atoms with Crippen LogP contribution in [0.25, 0.3) is 0 Å². The third-order valence-electron chi connectivity index (χ3n) is 6.57. The fourth-order valence-corrected chi connectivity index (χ4v) is 4.75. The van der Waals surface area contributed by atoms with Gasteiger partial charge in [0, 0.05) is 24.7 Å². The van der Waals surface area contributed by atoms with E-state index in [1.807, 2.05) is 24.3 Å². The van der Waals surface area contributed by atoms with E-state index in [1.165, 1.54) is 6.42 Å². The number of aliphatic hydroxyl groups is 2. The zero-order valence-corrected chi connectivity index (χ0v) is 17.1. The molecule has 0 heterocycles. The van der Waals surface area contributed by atoms with E-state index in [-0.39, 0.29) is 42.0 Å². The quantitative estimate of drug-likeness (QED) is 0.344. The first-order valence-corrected chi connectivity index (χ1v) is 10.8. The minimum Gasteiger partial charge on any atom is -0.481 e. The molecule has 3 N–H and O–H groups in total. The zero-order valence-electron chi connectivity index (χ0n) is 17.1. The van der Waals surface area contributed by atoms with Crippen LogP contribution in [0.2, 0.25) is 0 Å². The molecule has 2 aliphatic carbocycles. The van der Waals surface area contributed by atoms with E-state index in [0.29, 0.717) is 25.7 Å². The second-order valence-electron chi connectivity index (χ2n) is 8.56.